The highest BCUT2D eigenvalue weighted by Gasteiger charge is 2.37. The van der Waals surface area contributed by atoms with E-state index in [1.54, 1.807) is 42.0 Å². The number of anilines is 1. The highest BCUT2D eigenvalue weighted by atomic mass is 32.2. The lowest BCUT2D eigenvalue weighted by Crippen LogP contribution is -2.49. The van der Waals surface area contributed by atoms with Crippen LogP contribution in [0.4, 0.5) is 5.69 Å². The number of carbonyl (C=O) groups is 1. The summed E-state index contributed by atoms with van der Waals surface area (Å²) in [4.78, 5) is 25.5. The first-order valence-corrected chi connectivity index (χ1v) is 11.3. The smallest absolute Gasteiger partial charge is 0.274 e. The molecule has 0 saturated carbocycles. The van der Waals surface area contributed by atoms with Crippen molar-refractivity contribution >= 4 is 21.6 Å². The van der Waals surface area contributed by atoms with Crippen LogP contribution in [-0.2, 0) is 16.6 Å². The Hall–Kier alpha value is -2.65. The number of aromatic nitrogens is 1. The van der Waals surface area contributed by atoms with E-state index in [4.69, 9.17) is 4.74 Å². The number of nitrogens with one attached hydrogen (secondary N) is 1. The van der Waals surface area contributed by atoms with Crippen molar-refractivity contribution in [2.45, 2.75) is 18.9 Å². The maximum absolute atomic E-state index is 13.0. The number of fused-ring (bicyclic) bond motifs is 4. The van der Waals surface area contributed by atoms with Crippen molar-refractivity contribution in [3.8, 4) is 5.75 Å². The van der Waals surface area contributed by atoms with E-state index in [9.17, 15) is 18.0 Å². The Balaban J connectivity index is 1.59. The number of rotatable bonds is 4. The molecule has 2 aromatic rings. The number of benzene rings is 1. The van der Waals surface area contributed by atoms with Gasteiger partial charge in [-0.05, 0) is 48.7 Å². The summed E-state index contributed by atoms with van der Waals surface area (Å²) in [5, 5.41) is 2.69. The van der Waals surface area contributed by atoms with Crippen molar-refractivity contribution in [3.63, 3.8) is 0 Å². The summed E-state index contributed by atoms with van der Waals surface area (Å²) < 4.78 is 32.2. The van der Waals surface area contributed by atoms with Crippen molar-refractivity contribution in [1.82, 2.24) is 8.87 Å². The molecule has 9 heteroatoms. The molecule has 1 saturated heterocycles. The maximum Gasteiger partial charge on any atom is 0.274 e. The van der Waals surface area contributed by atoms with Gasteiger partial charge in [-0.15, -0.1) is 0 Å². The molecule has 29 heavy (non-hydrogen) atoms. The van der Waals surface area contributed by atoms with E-state index in [1.165, 1.54) is 10.6 Å². The summed E-state index contributed by atoms with van der Waals surface area (Å²) in [5.74, 6) is 0.340. The molecule has 1 amide bonds. The van der Waals surface area contributed by atoms with Crippen LogP contribution < -0.4 is 15.6 Å². The lowest BCUT2D eigenvalue weighted by molar-refractivity contribution is 0.102. The Labute approximate surface area is 169 Å². The predicted molar refractivity (Wildman–Crippen MR) is 109 cm³/mol. The molecular formula is C20H23N3O5S. The van der Waals surface area contributed by atoms with Gasteiger partial charge in [-0.25, -0.2) is 12.7 Å². The summed E-state index contributed by atoms with van der Waals surface area (Å²) in [6.07, 6.45) is 2.09. The third-order valence-corrected chi connectivity index (χ3v) is 6.88. The van der Waals surface area contributed by atoms with E-state index in [0.717, 1.165) is 12.1 Å². The molecular weight excluding hydrogens is 394 g/mol. The van der Waals surface area contributed by atoms with Crippen molar-refractivity contribution in [2.75, 3.05) is 31.8 Å². The Morgan fingerprint density at radius 2 is 1.83 bits per heavy atom. The molecule has 1 fully saturated rings. The van der Waals surface area contributed by atoms with Gasteiger partial charge in [-0.1, -0.05) is 0 Å². The zero-order chi connectivity index (χ0) is 20.8. The number of methoxy groups -OCH3 is 1. The number of carbonyl (C=O) groups excluding carboxylic acids is 1. The Morgan fingerprint density at radius 1 is 1.10 bits per heavy atom. The van der Waals surface area contributed by atoms with Gasteiger partial charge in [0.15, 0.2) is 0 Å². The van der Waals surface area contributed by atoms with Gasteiger partial charge < -0.3 is 14.6 Å². The standard InChI is InChI=1S/C20H23N3O5S/c1-28-16-5-3-14(4-6-16)19(24)21-17-7-8-18-15-9-13(11-23(18)20(17)25)10-22(12-15)29(2,26)27/h3-8,13,15H,9-12H2,1-2H3,(H,21,24). The van der Waals surface area contributed by atoms with Crippen LogP contribution in [0.2, 0.25) is 0 Å². The molecule has 2 unspecified atom stereocenters. The second-order valence-corrected chi connectivity index (χ2v) is 9.63. The topological polar surface area (TPSA) is 97.7 Å². The lowest BCUT2D eigenvalue weighted by Gasteiger charge is -2.41. The van der Waals surface area contributed by atoms with E-state index in [1.807, 2.05) is 6.07 Å². The van der Waals surface area contributed by atoms with Crippen LogP contribution in [0, 0.1) is 5.92 Å². The minimum atomic E-state index is -3.26. The zero-order valence-corrected chi connectivity index (χ0v) is 17.1. The molecule has 0 radical (unpaired) electrons. The van der Waals surface area contributed by atoms with Crippen LogP contribution in [0.3, 0.4) is 0 Å². The fourth-order valence-corrected chi connectivity index (χ4v) is 5.14. The number of amides is 1. The van der Waals surface area contributed by atoms with Crippen LogP contribution in [-0.4, -0.2) is 49.7 Å². The fourth-order valence-electron chi connectivity index (χ4n) is 4.20. The molecule has 2 aliphatic rings. The van der Waals surface area contributed by atoms with Crippen molar-refractivity contribution in [3.05, 3.63) is 58.0 Å². The average molecular weight is 417 g/mol. The van der Waals surface area contributed by atoms with Gasteiger partial charge in [0.05, 0.1) is 13.4 Å². The molecule has 2 aliphatic heterocycles. The molecule has 3 heterocycles. The third-order valence-electron chi connectivity index (χ3n) is 5.64. The molecule has 2 atom stereocenters. The van der Waals surface area contributed by atoms with E-state index in [-0.39, 0.29) is 29.0 Å². The van der Waals surface area contributed by atoms with Gasteiger partial charge in [0.25, 0.3) is 11.5 Å². The van der Waals surface area contributed by atoms with Gasteiger partial charge in [0.1, 0.15) is 11.4 Å². The summed E-state index contributed by atoms with van der Waals surface area (Å²) in [6.45, 7) is 1.25. The van der Waals surface area contributed by atoms with Gasteiger partial charge in [0.2, 0.25) is 10.0 Å². The second-order valence-electron chi connectivity index (χ2n) is 7.65. The first kappa shape index (κ1) is 19.7. The molecule has 0 aliphatic carbocycles. The number of hydrogen-bond acceptors (Lipinski definition) is 5. The molecule has 1 aromatic carbocycles. The molecule has 2 bridgehead atoms. The number of sulfonamides is 1. The third kappa shape index (κ3) is 3.79. The van der Waals surface area contributed by atoms with Crippen LogP contribution >= 0.6 is 0 Å². The van der Waals surface area contributed by atoms with Crippen LogP contribution in [0.1, 0.15) is 28.4 Å². The number of hydrogen-bond donors (Lipinski definition) is 1. The van der Waals surface area contributed by atoms with E-state index >= 15 is 0 Å². The summed E-state index contributed by atoms with van der Waals surface area (Å²) in [7, 11) is -1.71. The SMILES string of the molecule is COc1ccc(C(=O)Nc2ccc3n(c2=O)CC2CC3CN(S(C)(=O)=O)C2)cc1. The Kier molecular flexibility index (Phi) is 4.95. The quantitative estimate of drug-likeness (QED) is 0.813. The zero-order valence-electron chi connectivity index (χ0n) is 16.3. The van der Waals surface area contributed by atoms with Crippen LogP contribution in [0.25, 0.3) is 0 Å². The Morgan fingerprint density at radius 3 is 2.48 bits per heavy atom. The predicted octanol–water partition coefficient (Wildman–Crippen LogP) is 1.49. The average Bonchev–Trinajstić information content (AvgIpc) is 2.69. The highest BCUT2D eigenvalue weighted by Crippen LogP contribution is 2.36. The molecule has 154 valence electrons. The number of pyridine rings is 1. The minimum Gasteiger partial charge on any atom is -0.497 e. The van der Waals surface area contributed by atoms with Gasteiger partial charge in [0, 0.05) is 36.8 Å². The number of nitrogens with zero attached hydrogens (tertiary/aromatic N) is 2. The van der Waals surface area contributed by atoms with Crippen molar-refractivity contribution in [1.29, 1.82) is 0 Å². The summed E-state index contributed by atoms with van der Waals surface area (Å²) in [6, 6.07) is 10.1. The van der Waals surface area contributed by atoms with E-state index < -0.39 is 10.0 Å². The van der Waals surface area contributed by atoms with Gasteiger partial charge in [-0.3, -0.25) is 9.59 Å². The summed E-state index contributed by atoms with van der Waals surface area (Å²) in [5.41, 5.74) is 1.21. The van der Waals surface area contributed by atoms with E-state index in [2.05, 4.69) is 5.32 Å². The molecule has 1 N–H and O–H groups in total. The van der Waals surface area contributed by atoms with Crippen LogP contribution in [0.5, 0.6) is 5.75 Å². The number of ether oxygens (including phenoxy) is 1. The van der Waals surface area contributed by atoms with Crippen molar-refractivity contribution < 1.29 is 17.9 Å². The highest BCUT2D eigenvalue weighted by molar-refractivity contribution is 7.88. The minimum absolute atomic E-state index is 0.0173. The Bertz CT molecular complexity index is 1110. The first-order valence-electron chi connectivity index (χ1n) is 9.40. The van der Waals surface area contributed by atoms with E-state index in [0.29, 0.717) is 30.9 Å². The largest absolute Gasteiger partial charge is 0.497 e. The molecule has 0 spiro atoms. The second kappa shape index (κ2) is 7.31. The monoisotopic (exact) mass is 417 g/mol. The maximum atomic E-state index is 13.0. The molecule has 4 rings (SSSR count). The van der Waals surface area contributed by atoms with Crippen LogP contribution in [0.15, 0.2) is 41.2 Å². The first-order chi connectivity index (χ1) is 13.8. The molecule has 1 aromatic heterocycles. The fraction of sp³-hybridized carbons (Fsp3) is 0.400. The van der Waals surface area contributed by atoms with Crippen molar-refractivity contribution in [2.24, 2.45) is 5.92 Å². The van der Waals surface area contributed by atoms with Gasteiger partial charge >= 0.3 is 0 Å². The normalized spacial score (nSPS) is 21.3. The van der Waals surface area contributed by atoms with Gasteiger partial charge in [-0.2, -0.15) is 0 Å². The lowest BCUT2D eigenvalue weighted by atomic mass is 9.84. The summed E-state index contributed by atoms with van der Waals surface area (Å²) >= 11 is 0. The molecule has 8 nitrogen and oxygen atoms in total. The number of piperidine rings is 1.